The van der Waals surface area contributed by atoms with E-state index in [9.17, 15) is 14.4 Å². The maximum absolute atomic E-state index is 12.9. The first-order chi connectivity index (χ1) is 12.0. The molecule has 3 rings (SSSR count). The normalized spacial score (nSPS) is 20.6. The monoisotopic (exact) mass is 343 g/mol. The first kappa shape index (κ1) is 17.5. The first-order valence-corrected chi connectivity index (χ1v) is 9.05. The van der Waals surface area contributed by atoms with Crippen molar-refractivity contribution in [1.29, 1.82) is 0 Å². The standard InChI is InChI=1S/C19H25N3O3/c1-3-4-13-5-8-15(9-6-13)22-18(24)16-11-14(20-12(2)23)7-10-17(16)21-19(22)25/h7,10-11,13,15H,3-6,8-9H2,1-2H3,(H,20,23)(H,21,25)/t13-,15+. The fraction of sp³-hybridized carbons (Fsp3) is 0.526. The summed E-state index contributed by atoms with van der Waals surface area (Å²) in [6, 6.07) is 4.93. The number of carbonyl (C=O) groups excluding carboxylic acids is 1. The van der Waals surface area contributed by atoms with Gasteiger partial charge < -0.3 is 10.3 Å². The lowest BCUT2D eigenvalue weighted by Gasteiger charge is -2.29. The van der Waals surface area contributed by atoms with Gasteiger partial charge in [-0.1, -0.05) is 19.8 Å². The Morgan fingerprint density at radius 2 is 1.96 bits per heavy atom. The number of anilines is 1. The number of nitrogens with zero attached hydrogens (tertiary/aromatic N) is 1. The van der Waals surface area contributed by atoms with Crippen molar-refractivity contribution in [2.75, 3.05) is 5.32 Å². The number of aromatic nitrogens is 2. The Balaban J connectivity index is 1.97. The number of hydrogen-bond acceptors (Lipinski definition) is 3. The summed E-state index contributed by atoms with van der Waals surface area (Å²) in [5.41, 5.74) is 0.441. The second-order valence-electron chi connectivity index (χ2n) is 7.01. The van der Waals surface area contributed by atoms with E-state index in [1.54, 1.807) is 18.2 Å². The van der Waals surface area contributed by atoms with E-state index in [0.29, 0.717) is 22.5 Å². The molecule has 6 heteroatoms. The molecule has 2 aromatic rings. The molecule has 1 aliphatic carbocycles. The Hall–Kier alpha value is -2.37. The van der Waals surface area contributed by atoms with Gasteiger partial charge in [0.25, 0.3) is 5.56 Å². The molecule has 0 bridgehead atoms. The number of rotatable bonds is 4. The van der Waals surface area contributed by atoms with E-state index in [1.807, 2.05) is 0 Å². The Morgan fingerprint density at radius 1 is 1.24 bits per heavy atom. The largest absolute Gasteiger partial charge is 0.329 e. The van der Waals surface area contributed by atoms with Gasteiger partial charge in [-0.25, -0.2) is 4.79 Å². The Labute approximate surface area is 146 Å². The maximum Gasteiger partial charge on any atom is 0.329 e. The second kappa shape index (κ2) is 7.25. The van der Waals surface area contributed by atoms with E-state index in [4.69, 9.17) is 0 Å². The van der Waals surface area contributed by atoms with E-state index in [-0.39, 0.29) is 23.2 Å². The van der Waals surface area contributed by atoms with Gasteiger partial charge in [0, 0.05) is 18.7 Å². The van der Waals surface area contributed by atoms with Gasteiger partial charge in [-0.15, -0.1) is 0 Å². The third kappa shape index (κ3) is 3.67. The quantitative estimate of drug-likeness (QED) is 0.894. The minimum absolute atomic E-state index is 0.0434. The van der Waals surface area contributed by atoms with Gasteiger partial charge in [0.05, 0.1) is 10.9 Å². The van der Waals surface area contributed by atoms with E-state index < -0.39 is 0 Å². The van der Waals surface area contributed by atoms with Gasteiger partial charge in [0.2, 0.25) is 5.91 Å². The van der Waals surface area contributed by atoms with Gasteiger partial charge in [-0.3, -0.25) is 14.2 Å². The van der Waals surface area contributed by atoms with Crippen molar-refractivity contribution < 1.29 is 4.79 Å². The zero-order chi connectivity index (χ0) is 18.0. The molecule has 1 heterocycles. The van der Waals surface area contributed by atoms with Crippen LogP contribution in [0.4, 0.5) is 5.69 Å². The number of hydrogen-bond donors (Lipinski definition) is 2. The zero-order valence-electron chi connectivity index (χ0n) is 14.8. The van der Waals surface area contributed by atoms with Crippen LogP contribution in [0.15, 0.2) is 27.8 Å². The van der Waals surface area contributed by atoms with Crippen molar-refractivity contribution >= 4 is 22.5 Å². The molecule has 1 fully saturated rings. The Kier molecular flexibility index (Phi) is 5.06. The van der Waals surface area contributed by atoms with Crippen LogP contribution in [0.1, 0.15) is 58.4 Å². The van der Waals surface area contributed by atoms with Crippen LogP contribution in [0.25, 0.3) is 10.9 Å². The summed E-state index contributed by atoms with van der Waals surface area (Å²) in [6.45, 7) is 3.61. The highest BCUT2D eigenvalue weighted by Gasteiger charge is 2.24. The number of aromatic amines is 1. The van der Waals surface area contributed by atoms with Gasteiger partial charge in [0.15, 0.2) is 0 Å². The lowest BCUT2D eigenvalue weighted by Crippen LogP contribution is -2.39. The van der Waals surface area contributed by atoms with E-state index >= 15 is 0 Å². The fourth-order valence-electron chi connectivity index (χ4n) is 3.94. The highest BCUT2D eigenvalue weighted by Crippen LogP contribution is 2.33. The van der Waals surface area contributed by atoms with Crippen molar-refractivity contribution in [3.05, 3.63) is 39.0 Å². The molecule has 0 atom stereocenters. The molecule has 1 aromatic carbocycles. The fourth-order valence-corrected chi connectivity index (χ4v) is 3.94. The van der Waals surface area contributed by atoms with Gasteiger partial charge in [0.1, 0.15) is 0 Å². The van der Waals surface area contributed by atoms with E-state index in [1.165, 1.54) is 24.3 Å². The number of fused-ring (bicyclic) bond motifs is 1. The first-order valence-electron chi connectivity index (χ1n) is 9.05. The minimum Gasteiger partial charge on any atom is -0.326 e. The Bertz CT molecular complexity index is 889. The van der Waals surface area contributed by atoms with E-state index in [2.05, 4.69) is 17.2 Å². The summed E-state index contributed by atoms with van der Waals surface area (Å²) < 4.78 is 1.38. The summed E-state index contributed by atoms with van der Waals surface area (Å²) in [6.07, 6.45) is 6.26. The van der Waals surface area contributed by atoms with E-state index in [0.717, 1.165) is 25.7 Å². The van der Waals surface area contributed by atoms with Crippen LogP contribution < -0.4 is 16.6 Å². The molecule has 0 spiro atoms. The number of H-pyrrole nitrogens is 1. The molecule has 25 heavy (non-hydrogen) atoms. The van der Waals surface area contributed by atoms with Gasteiger partial charge in [-0.2, -0.15) is 0 Å². The van der Waals surface area contributed by atoms with Crippen LogP contribution >= 0.6 is 0 Å². The van der Waals surface area contributed by atoms with Crippen molar-refractivity contribution in [2.24, 2.45) is 5.92 Å². The molecule has 1 aliphatic rings. The SMILES string of the molecule is CCC[C@H]1CC[C@@H](n2c(=O)[nH]c3ccc(NC(C)=O)cc3c2=O)CC1. The van der Waals surface area contributed by atoms with Crippen LogP contribution in [0.3, 0.4) is 0 Å². The minimum atomic E-state index is -0.344. The lowest BCUT2D eigenvalue weighted by molar-refractivity contribution is -0.114. The van der Waals surface area contributed by atoms with Crippen molar-refractivity contribution in [1.82, 2.24) is 9.55 Å². The molecular weight excluding hydrogens is 318 g/mol. The predicted octanol–water partition coefficient (Wildman–Crippen LogP) is 3.18. The average molecular weight is 343 g/mol. The number of benzene rings is 1. The van der Waals surface area contributed by atoms with Crippen LogP contribution in [-0.4, -0.2) is 15.5 Å². The smallest absolute Gasteiger partial charge is 0.326 e. The van der Waals surface area contributed by atoms with Crippen LogP contribution in [-0.2, 0) is 4.79 Å². The van der Waals surface area contributed by atoms with Crippen molar-refractivity contribution in [3.8, 4) is 0 Å². The summed E-state index contributed by atoms with van der Waals surface area (Å²) >= 11 is 0. The third-order valence-corrected chi connectivity index (χ3v) is 5.13. The maximum atomic E-state index is 12.9. The molecule has 0 unspecified atom stereocenters. The van der Waals surface area contributed by atoms with Crippen molar-refractivity contribution in [3.63, 3.8) is 0 Å². The molecule has 0 aliphatic heterocycles. The number of amides is 1. The molecule has 0 saturated heterocycles. The summed E-state index contributed by atoms with van der Waals surface area (Å²) in [5.74, 6) is 0.515. The Morgan fingerprint density at radius 3 is 2.60 bits per heavy atom. The predicted molar refractivity (Wildman–Crippen MR) is 99.0 cm³/mol. The summed E-state index contributed by atoms with van der Waals surface area (Å²) in [7, 11) is 0. The topological polar surface area (TPSA) is 84.0 Å². The van der Waals surface area contributed by atoms with Crippen LogP contribution in [0.5, 0.6) is 0 Å². The molecule has 0 radical (unpaired) electrons. The molecular formula is C19H25N3O3. The molecule has 134 valence electrons. The highest BCUT2D eigenvalue weighted by molar-refractivity contribution is 5.91. The lowest BCUT2D eigenvalue weighted by atomic mass is 9.83. The van der Waals surface area contributed by atoms with Crippen LogP contribution in [0.2, 0.25) is 0 Å². The number of nitrogens with one attached hydrogen (secondary N) is 2. The third-order valence-electron chi connectivity index (χ3n) is 5.13. The van der Waals surface area contributed by atoms with Crippen molar-refractivity contribution in [2.45, 2.75) is 58.4 Å². The molecule has 1 aromatic heterocycles. The average Bonchev–Trinajstić information content (AvgIpc) is 2.57. The van der Waals surface area contributed by atoms with Gasteiger partial charge in [-0.05, 0) is 49.8 Å². The molecule has 2 N–H and O–H groups in total. The molecule has 1 amide bonds. The zero-order valence-corrected chi connectivity index (χ0v) is 14.8. The summed E-state index contributed by atoms with van der Waals surface area (Å²) in [5, 5.41) is 3.11. The summed E-state index contributed by atoms with van der Waals surface area (Å²) in [4.78, 5) is 39.4. The molecule has 6 nitrogen and oxygen atoms in total. The van der Waals surface area contributed by atoms with Crippen LogP contribution in [0, 0.1) is 5.92 Å². The van der Waals surface area contributed by atoms with Gasteiger partial charge >= 0.3 is 5.69 Å². The number of carbonyl (C=O) groups is 1. The molecule has 1 saturated carbocycles. The second-order valence-corrected chi connectivity index (χ2v) is 7.01. The highest BCUT2D eigenvalue weighted by atomic mass is 16.2.